The lowest BCUT2D eigenvalue weighted by molar-refractivity contribution is 0.252. The monoisotopic (exact) mass is 203 g/mol. The summed E-state index contributed by atoms with van der Waals surface area (Å²) in [6, 6.07) is 6.77. The van der Waals surface area contributed by atoms with Crippen molar-refractivity contribution in [1.82, 2.24) is 0 Å². The highest BCUT2D eigenvalue weighted by Gasteiger charge is 2.35. The molecule has 1 saturated carbocycles. The molecular weight excluding hydrogens is 182 g/mol. The molecule has 0 aliphatic heterocycles. The van der Waals surface area contributed by atoms with Crippen LogP contribution in [0.4, 0.5) is 0 Å². The van der Waals surface area contributed by atoms with E-state index in [4.69, 9.17) is 5.73 Å². The molecule has 1 nitrogen and oxygen atoms in total. The molecule has 0 amide bonds. The van der Waals surface area contributed by atoms with Crippen LogP contribution in [0.25, 0.3) is 0 Å². The fourth-order valence-electron chi connectivity index (χ4n) is 2.36. The molecule has 2 N–H and O–H groups in total. The minimum Gasteiger partial charge on any atom is -0.321 e. The van der Waals surface area contributed by atoms with E-state index in [-0.39, 0.29) is 5.54 Å². The van der Waals surface area contributed by atoms with Gasteiger partial charge < -0.3 is 5.73 Å². The van der Waals surface area contributed by atoms with Crippen LogP contribution in [-0.4, -0.2) is 0 Å². The van der Waals surface area contributed by atoms with Crippen LogP contribution < -0.4 is 5.73 Å². The van der Waals surface area contributed by atoms with Gasteiger partial charge in [0.05, 0.1) is 0 Å². The van der Waals surface area contributed by atoms with Crippen LogP contribution in [-0.2, 0) is 5.54 Å². The fourth-order valence-corrected chi connectivity index (χ4v) is 2.36. The van der Waals surface area contributed by atoms with Gasteiger partial charge in [-0.25, -0.2) is 0 Å². The molecule has 0 atom stereocenters. The molecule has 1 aliphatic carbocycles. The minimum atomic E-state index is -0.0189. The van der Waals surface area contributed by atoms with Gasteiger partial charge >= 0.3 is 0 Å². The fraction of sp³-hybridized carbons (Fsp3) is 0.571. The Bertz CT molecular complexity index is 362. The van der Waals surface area contributed by atoms with Crippen molar-refractivity contribution < 1.29 is 0 Å². The Kier molecular flexibility index (Phi) is 2.59. The van der Waals surface area contributed by atoms with Crippen molar-refractivity contribution in [3.63, 3.8) is 0 Å². The van der Waals surface area contributed by atoms with E-state index >= 15 is 0 Å². The van der Waals surface area contributed by atoms with E-state index < -0.39 is 0 Å². The van der Waals surface area contributed by atoms with Crippen LogP contribution in [0.3, 0.4) is 0 Å². The van der Waals surface area contributed by atoms with E-state index in [9.17, 15) is 0 Å². The second-order valence-corrected chi connectivity index (χ2v) is 5.24. The maximum Gasteiger partial charge on any atom is 0.0412 e. The van der Waals surface area contributed by atoms with E-state index in [2.05, 4.69) is 39.0 Å². The number of aryl methyl sites for hydroxylation is 1. The van der Waals surface area contributed by atoms with Gasteiger partial charge in [-0.1, -0.05) is 32.0 Å². The van der Waals surface area contributed by atoms with Crippen LogP contribution in [0.2, 0.25) is 0 Å². The third-order valence-electron chi connectivity index (χ3n) is 3.71. The summed E-state index contributed by atoms with van der Waals surface area (Å²) < 4.78 is 0. The van der Waals surface area contributed by atoms with E-state index in [0.717, 1.165) is 12.8 Å². The average molecular weight is 203 g/mol. The van der Waals surface area contributed by atoms with Crippen molar-refractivity contribution in [1.29, 1.82) is 0 Å². The molecule has 0 spiro atoms. The molecule has 0 aromatic heterocycles. The smallest absolute Gasteiger partial charge is 0.0412 e. The summed E-state index contributed by atoms with van der Waals surface area (Å²) in [6.45, 7) is 6.64. The topological polar surface area (TPSA) is 26.0 Å². The van der Waals surface area contributed by atoms with E-state index in [0.29, 0.717) is 5.92 Å². The molecule has 0 saturated heterocycles. The molecule has 0 bridgehead atoms. The first-order valence-corrected chi connectivity index (χ1v) is 5.93. The highest BCUT2D eigenvalue weighted by Crippen LogP contribution is 2.40. The van der Waals surface area contributed by atoms with Crippen LogP contribution in [0.1, 0.15) is 55.7 Å². The number of rotatable bonds is 2. The van der Waals surface area contributed by atoms with Crippen LogP contribution in [0.5, 0.6) is 0 Å². The third-order valence-corrected chi connectivity index (χ3v) is 3.71. The molecule has 1 aromatic carbocycles. The summed E-state index contributed by atoms with van der Waals surface area (Å²) in [5, 5.41) is 0. The van der Waals surface area contributed by atoms with Gasteiger partial charge in [0.2, 0.25) is 0 Å². The van der Waals surface area contributed by atoms with Gasteiger partial charge in [0.1, 0.15) is 0 Å². The largest absolute Gasteiger partial charge is 0.321 e. The number of hydrogen-bond donors (Lipinski definition) is 1. The molecule has 0 radical (unpaired) electrons. The Labute approximate surface area is 92.7 Å². The lowest BCUT2D eigenvalue weighted by atomic mass is 9.71. The zero-order valence-corrected chi connectivity index (χ0v) is 10.0. The molecule has 1 fully saturated rings. The molecule has 2 rings (SSSR count). The number of hydrogen-bond acceptors (Lipinski definition) is 1. The van der Waals surface area contributed by atoms with Crippen molar-refractivity contribution in [2.45, 2.75) is 51.5 Å². The second kappa shape index (κ2) is 3.64. The molecule has 0 unspecified atom stereocenters. The van der Waals surface area contributed by atoms with Gasteiger partial charge in [0, 0.05) is 5.54 Å². The Hall–Kier alpha value is -0.820. The van der Waals surface area contributed by atoms with Crippen molar-refractivity contribution >= 4 is 0 Å². The summed E-state index contributed by atoms with van der Waals surface area (Å²) >= 11 is 0. The van der Waals surface area contributed by atoms with E-state index in [1.165, 1.54) is 23.1 Å². The quantitative estimate of drug-likeness (QED) is 0.782. The van der Waals surface area contributed by atoms with Gasteiger partial charge in [0.25, 0.3) is 0 Å². The standard InChI is InChI=1S/C14H21N/c1-10(2)12-6-5-11(3)13(9-12)14(15)7-4-8-14/h5-6,9-10H,4,7-8,15H2,1-3H3. The first-order valence-electron chi connectivity index (χ1n) is 5.93. The SMILES string of the molecule is Cc1ccc(C(C)C)cc1C1(N)CCC1. The van der Waals surface area contributed by atoms with Crippen molar-refractivity contribution in [2.75, 3.05) is 0 Å². The average Bonchev–Trinajstić information content (AvgIpc) is 2.14. The van der Waals surface area contributed by atoms with Gasteiger partial charge in [0.15, 0.2) is 0 Å². The first-order chi connectivity index (χ1) is 7.03. The van der Waals surface area contributed by atoms with Crippen molar-refractivity contribution in [3.8, 4) is 0 Å². The van der Waals surface area contributed by atoms with Crippen molar-refractivity contribution in [2.24, 2.45) is 5.73 Å². The summed E-state index contributed by atoms with van der Waals surface area (Å²) in [7, 11) is 0. The summed E-state index contributed by atoms with van der Waals surface area (Å²) in [6.07, 6.45) is 3.58. The first kappa shape index (κ1) is 10.7. The number of benzene rings is 1. The Morgan fingerprint density at radius 3 is 2.40 bits per heavy atom. The summed E-state index contributed by atoms with van der Waals surface area (Å²) in [4.78, 5) is 0. The number of nitrogens with two attached hydrogens (primary N) is 1. The van der Waals surface area contributed by atoms with Crippen LogP contribution in [0.15, 0.2) is 18.2 Å². The molecule has 15 heavy (non-hydrogen) atoms. The predicted octanol–water partition coefficient (Wildman–Crippen LogP) is 3.46. The zero-order chi connectivity index (χ0) is 11.1. The molecule has 1 aromatic rings. The normalized spacial score (nSPS) is 19.0. The lowest BCUT2D eigenvalue weighted by Crippen LogP contribution is -2.43. The van der Waals surface area contributed by atoms with Gasteiger partial charge in [-0.2, -0.15) is 0 Å². The highest BCUT2D eigenvalue weighted by molar-refractivity contribution is 5.38. The summed E-state index contributed by atoms with van der Waals surface area (Å²) in [5.41, 5.74) is 10.5. The van der Waals surface area contributed by atoms with Gasteiger partial charge in [-0.15, -0.1) is 0 Å². The molecule has 1 heteroatoms. The third kappa shape index (κ3) is 1.81. The Morgan fingerprint density at radius 2 is 1.93 bits per heavy atom. The van der Waals surface area contributed by atoms with Crippen LogP contribution in [0, 0.1) is 6.92 Å². The maximum absolute atomic E-state index is 6.39. The van der Waals surface area contributed by atoms with E-state index in [1.54, 1.807) is 0 Å². The van der Waals surface area contributed by atoms with Gasteiger partial charge in [-0.05, 0) is 48.8 Å². The summed E-state index contributed by atoms with van der Waals surface area (Å²) in [5.74, 6) is 0.591. The highest BCUT2D eigenvalue weighted by atomic mass is 14.8. The molecule has 0 heterocycles. The molecule has 82 valence electrons. The lowest BCUT2D eigenvalue weighted by Gasteiger charge is -2.40. The van der Waals surface area contributed by atoms with Gasteiger partial charge in [-0.3, -0.25) is 0 Å². The Balaban J connectivity index is 2.41. The molecule has 1 aliphatic rings. The minimum absolute atomic E-state index is 0.0189. The van der Waals surface area contributed by atoms with E-state index in [1.807, 2.05) is 0 Å². The predicted molar refractivity (Wildman–Crippen MR) is 65.0 cm³/mol. The second-order valence-electron chi connectivity index (χ2n) is 5.24. The molecular formula is C14H21N. The maximum atomic E-state index is 6.39. The zero-order valence-electron chi connectivity index (χ0n) is 10.0. The Morgan fingerprint density at radius 1 is 1.27 bits per heavy atom. The van der Waals surface area contributed by atoms with Crippen LogP contribution >= 0.6 is 0 Å². The van der Waals surface area contributed by atoms with Crippen molar-refractivity contribution in [3.05, 3.63) is 34.9 Å².